The number of amides is 1. The molecular weight excluding hydrogens is 288 g/mol. The summed E-state index contributed by atoms with van der Waals surface area (Å²) in [5.41, 5.74) is 1.67. The predicted molar refractivity (Wildman–Crippen MR) is 80.4 cm³/mol. The average Bonchev–Trinajstić information content (AvgIpc) is 3.00. The van der Waals surface area contributed by atoms with Crippen LogP contribution in [0.3, 0.4) is 0 Å². The van der Waals surface area contributed by atoms with Gasteiger partial charge in [-0.3, -0.25) is 4.79 Å². The van der Waals surface area contributed by atoms with Crippen molar-refractivity contribution >= 4 is 17.5 Å². The number of aryl methyl sites for hydroxylation is 1. The number of hydrogen-bond acceptors (Lipinski definition) is 3. The number of halogens is 1. The molecule has 1 aromatic carbocycles. The van der Waals surface area contributed by atoms with Crippen LogP contribution < -0.4 is 0 Å². The molecule has 1 fully saturated rings. The summed E-state index contributed by atoms with van der Waals surface area (Å²) >= 11 is 6.03. The van der Waals surface area contributed by atoms with E-state index in [0.717, 1.165) is 31.5 Å². The Morgan fingerprint density at radius 1 is 1.29 bits per heavy atom. The maximum atomic E-state index is 12.5. The van der Waals surface area contributed by atoms with E-state index in [1.807, 2.05) is 34.8 Å². The lowest BCUT2D eigenvalue weighted by Crippen LogP contribution is -2.39. The van der Waals surface area contributed by atoms with E-state index in [1.165, 1.54) is 0 Å². The van der Waals surface area contributed by atoms with Crippen molar-refractivity contribution in [3.63, 3.8) is 0 Å². The fraction of sp³-hybridized carbons (Fsp3) is 0.400. The molecular formula is C15H17ClN4O. The van der Waals surface area contributed by atoms with Gasteiger partial charge in [-0.05, 0) is 43.5 Å². The maximum absolute atomic E-state index is 12.5. The van der Waals surface area contributed by atoms with Crippen LogP contribution >= 0.6 is 11.6 Å². The van der Waals surface area contributed by atoms with Crippen molar-refractivity contribution in [3.8, 4) is 0 Å². The Bertz CT molecular complexity index is 613. The van der Waals surface area contributed by atoms with E-state index in [0.29, 0.717) is 16.6 Å². The number of carbonyl (C=O) groups is 1. The first kappa shape index (κ1) is 14.1. The van der Waals surface area contributed by atoms with Crippen LogP contribution in [0.25, 0.3) is 0 Å². The summed E-state index contributed by atoms with van der Waals surface area (Å²) in [5.74, 6) is 0.0534. The molecule has 0 radical (unpaired) electrons. The lowest BCUT2D eigenvalue weighted by atomic mass is 10.0. The molecule has 21 heavy (non-hydrogen) atoms. The van der Waals surface area contributed by atoms with Crippen LogP contribution in [-0.4, -0.2) is 38.9 Å². The summed E-state index contributed by atoms with van der Waals surface area (Å²) in [7, 11) is 0. The molecule has 6 heteroatoms. The molecule has 0 spiro atoms. The topological polar surface area (TPSA) is 51.0 Å². The first-order valence-corrected chi connectivity index (χ1v) is 7.43. The van der Waals surface area contributed by atoms with Crippen molar-refractivity contribution in [1.29, 1.82) is 0 Å². The molecule has 3 rings (SSSR count). The Balaban J connectivity index is 1.67. The molecule has 0 unspecified atom stereocenters. The third-order valence-corrected chi connectivity index (χ3v) is 4.07. The number of benzene rings is 1. The van der Waals surface area contributed by atoms with Crippen LogP contribution in [0.4, 0.5) is 0 Å². The highest BCUT2D eigenvalue weighted by Crippen LogP contribution is 2.23. The van der Waals surface area contributed by atoms with Gasteiger partial charge in [-0.2, -0.15) is 0 Å². The second-order valence-electron chi connectivity index (χ2n) is 5.42. The normalized spacial score (nSPS) is 16.2. The fourth-order valence-corrected chi connectivity index (χ4v) is 3.08. The first-order chi connectivity index (χ1) is 10.1. The molecule has 1 amide bonds. The second-order valence-corrected chi connectivity index (χ2v) is 5.86. The number of hydrogen-bond donors (Lipinski definition) is 0. The number of piperidine rings is 1. The Kier molecular flexibility index (Phi) is 3.92. The van der Waals surface area contributed by atoms with Crippen LogP contribution in [0.15, 0.2) is 30.6 Å². The molecule has 0 saturated carbocycles. The molecule has 0 atom stereocenters. The summed E-state index contributed by atoms with van der Waals surface area (Å²) in [4.78, 5) is 14.4. The smallest absolute Gasteiger partial charge is 0.253 e. The molecule has 2 heterocycles. The number of nitrogens with zero attached hydrogens (tertiary/aromatic N) is 4. The van der Waals surface area contributed by atoms with Crippen LogP contribution in [0, 0.1) is 6.92 Å². The molecule has 110 valence electrons. The summed E-state index contributed by atoms with van der Waals surface area (Å²) in [6.07, 6.45) is 5.36. The van der Waals surface area contributed by atoms with Gasteiger partial charge in [0.05, 0.1) is 12.2 Å². The van der Waals surface area contributed by atoms with Crippen molar-refractivity contribution in [2.45, 2.75) is 25.8 Å². The van der Waals surface area contributed by atoms with Gasteiger partial charge in [0, 0.05) is 29.9 Å². The van der Waals surface area contributed by atoms with Crippen molar-refractivity contribution in [2.24, 2.45) is 0 Å². The average molecular weight is 305 g/mol. The summed E-state index contributed by atoms with van der Waals surface area (Å²) < 4.78 is 1.88. The number of likely N-dealkylation sites (tertiary alicyclic amines) is 1. The minimum Gasteiger partial charge on any atom is -0.338 e. The van der Waals surface area contributed by atoms with E-state index in [2.05, 4.69) is 10.3 Å². The Labute approximate surface area is 128 Å². The van der Waals surface area contributed by atoms with E-state index in [-0.39, 0.29) is 5.91 Å². The minimum atomic E-state index is 0.0534. The van der Waals surface area contributed by atoms with E-state index < -0.39 is 0 Å². The molecule has 0 bridgehead atoms. The monoisotopic (exact) mass is 304 g/mol. The number of aromatic nitrogens is 3. The third kappa shape index (κ3) is 3.08. The van der Waals surface area contributed by atoms with Gasteiger partial charge in [-0.25, -0.2) is 4.68 Å². The number of carbonyl (C=O) groups excluding carboxylic acids is 1. The Morgan fingerprint density at radius 2 is 2.05 bits per heavy atom. The maximum Gasteiger partial charge on any atom is 0.253 e. The summed E-state index contributed by atoms with van der Waals surface area (Å²) in [6, 6.07) is 5.81. The SMILES string of the molecule is Cc1cc(Cl)cc(C(=O)N2CCC(n3ccnn3)CC2)c1. The summed E-state index contributed by atoms with van der Waals surface area (Å²) in [5, 5.41) is 8.48. The van der Waals surface area contributed by atoms with Gasteiger partial charge in [0.25, 0.3) is 5.91 Å². The summed E-state index contributed by atoms with van der Waals surface area (Å²) in [6.45, 7) is 3.41. The number of rotatable bonds is 2. The third-order valence-electron chi connectivity index (χ3n) is 3.86. The minimum absolute atomic E-state index is 0.0534. The zero-order valence-electron chi connectivity index (χ0n) is 11.9. The van der Waals surface area contributed by atoms with E-state index in [4.69, 9.17) is 11.6 Å². The van der Waals surface area contributed by atoms with Crippen molar-refractivity contribution in [2.75, 3.05) is 13.1 Å². The molecule has 0 aliphatic carbocycles. The standard InChI is InChI=1S/C15H17ClN4O/c1-11-8-12(10-13(16)9-11)15(21)19-5-2-14(3-6-19)20-7-4-17-18-20/h4,7-10,14H,2-3,5-6H2,1H3. The van der Waals surface area contributed by atoms with E-state index in [9.17, 15) is 4.79 Å². The van der Waals surface area contributed by atoms with Crippen molar-refractivity contribution < 1.29 is 4.79 Å². The molecule has 1 aliphatic heterocycles. The first-order valence-electron chi connectivity index (χ1n) is 7.06. The van der Waals surface area contributed by atoms with Crippen LogP contribution in [0.2, 0.25) is 5.02 Å². The van der Waals surface area contributed by atoms with Crippen LogP contribution in [0.5, 0.6) is 0 Å². The Hall–Kier alpha value is -1.88. The zero-order valence-corrected chi connectivity index (χ0v) is 12.6. The molecule has 1 aromatic heterocycles. The predicted octanol–water partition coefficient (Wildman–Crippen LogP) is 2.72. The molecule has 0 N–H and O–H groups in total. The largest absolute Gasteiger partial charge is 0.338 e. The molecule has 5 nitrogen and oxygen atoms in total. The molecule has 2 aromatic rings. The van der Waals surface area contributed by atoms with Crippen molar-refractivity contribution in [1.82, 2.24) is 19.9 Å². The van der Waals surface area contributed by atoms with E-state index >= 15 is 0 Å². The second kappa shape index (κ2) is 5.85. The molecule has 1 aliphatic rings. The van der Waals surface area contributed by atoms with Crippen LogP contribution in [-0.2, 0) is 0 Å². The van der Waals surface area contributed by atoms with Gasteiger partial charge < -0.3 is 4.90 Å². The lowest BCUT2D eigenvalue weighted by Gasteiger charge is -2.32. The van der Waals surface area contributed by atoms with E-state index in [1.54, 1.807) is 12.3 Å². The van der Waals surface area contributed by atoms with Gasteiger partial charge in [0.2, 0.25) is 0 Å². The van der Waals surface area contributed by atoms with Gasteiger partial charge in [0.1, 0.15) is 0 Å². The quantitative estimate of drug-likeness (QED) is 0.857. The van der Waals surface area contributed by atoms with Gasteiger partial charge >= 0.3 is 0 Å². The molecule has 1 saturated heterocycles. The van der Waals surface area contributed by atoms with Crippen LogP contribution in [0.1, 0.15) is 34.8 Å². The highest BCUT2D eigenvalue weighted by atomic mass is 35.5. The highest BCUT2D eigenvalue weighted by Gasteiger charge is 2.25. The Morgan fingerprint density at radius 3 is 2.67 bits per heavy atom. The lowest BCUT2D eigenvalue weighted by molar-refractivity contribution is 0.0689. The zero-order chi connectivity index (χ0) is 14.8. The highest BCUT2D eigenvalue weighted by molar-refractivity contribution is 6.31. The van der Waals surface area contributed by atoms with Gasteiger partial charge in [-0.1, -0.05) is 16.8 Å². The van der Waals surface area contributed by atoms with Gasteiger partial charge in [0.15, 0.2) is 0 Å². The fourth-order valence-electron chi connectivity index (χ4n) is 2.79. The van der Waals surface area contributed by atoms with Gasteiger partial charge in [-0.15, -0.1) is 5.10 Å². The van der Waals surface area contributed by atoms with Crippen molar-refractivity contribution in [3.05, 3.63) is 46.7 Å².